The molecule has 0 bridgehead atoms. The molecule has 0 saturated carbocycles. The lowest BCUT2D eigenvalue weighted by atomic mass is 10.1. The average molecular weight is 510 g/mol. The van der Waals surface area contributed by atoms with E-state index in [0.717, 1.165) is 28.8 Å². The van der Waals surface area contributed by atoms with E-state index < -0.39 is 0 Å². The summed E-state index contributed by atoms with van der Waals surface area (Å²) in [6, 6.07) is 8.41. The van der Waals surface area contributed by atoms with Crippen LogP contribution in [0, 0.1) is 0 Å². The zero-order chi connectivity index (χ0) is 24.7. The summed E-state index contributed by atoms with van der Waals surface area (Å²) >= 11 is 7.84. The Kier molecular flexibility index (Phi) is 6.29. The van der Waals surface area contributed by atoms with Crippen molar-refractivity contribution in [3.05, 3.63) is 52.3 Å². The molecule has 35 heavy (non-hydrogen) atoms. The molecule has 5 rings (SSSR count). The van der Waals surface area contributed by atoms with Crippen LogP contribution in [0.3, 0.4) is 0 Å². The second-order valence-electron chi connectivity index (χ2n) is 9.56. The predicted octanol–water partition coefficient (Wildman–Crippen LogP) is 6.76. The zero-order valence-electron chi connectivity index (χ0n) is 20.4. The highest BCUT2D eigenvalue weighted by Gasteiger charge is 2.22. The van der Waals surface area contributed by atoms with Crippen LogP contribution >= 0.6 is 22.9 Å². The molecule has 182 valence electrons. The summed E-state index contributed by atoms with van der Waals surface area (Å²) in [4.78, 5) is 14.4. The van der Waals surface area contributed by atoms with E-state index in [4.69, 9.17) is 26.1 Å². The summed E-state index contributed by atoms with van der Waals surface area (Å²) < 4.78 is 13.2. The Bertz CT molecular complexity index is 1440. The van der Waals surface area contributed by atoms with Crippen LogP contribution in [0.25, 0.3) is 26.7 Å². The number of thiophene rings is 1. The highest BCUT2D eigenvalue weighted by molar-refractivity contribution is 7.21. The van der Waals surface area contributed by atoms with E-state index in [1.165, 1.54) is 15.0 Å². The van der Waals surface area contributed by atoms with Gasteiger partial charge < -0.3 is 20.1 Å². The Hall–Kier alpha value is -2.94. The Morgan fingerprint density at radius 2 is 2.03 bits per heavy atom. The number of nitrogens with one attached hydrogen (secondary N) is 2. The van der Waals surface area contributed by atoms with Gasteiger partial charge in [0.05, 0.1) is 33.9 Å². The third kappa shape index (κ3) is 4.91. The van der Waals surface area contributed by atoms with Gasteiger partial charge in [0.2, 0.25) is 17.0 Å². The Morgan fingerprint density at radius 1 is 1.20 bits per heavy atom. The molecule has 9 heteroatoms. The first-order valence-electron chi connectivity index (χ1n) is 11.6. The molecule has 1 aromatic carbocycles. The van der Waals surface area contributed by atoms with Crippen LogP contribution in [-0.2, 0) is 11.3 Å². The van der Waals surface area contributed by atoms with E-state index in [9.17, 15) is 0 Å². The maximum absolute atomic E-state index is 6.08. The molecule has 3 aromatic heterocycles. The van der Waals surface area contributed by atoms with Gasteiger partial charge in [-0.1, -0.05) is 6.08 Å². The number of nitrogens with zero attached hydrogens (tertiary/aromatic N) is 3. The summed E-state index contributed by atoms with van der Waals surface area (Å²) in [5, 5.41) is 9.61. The number of aromatic nitrogens is 3. The molecule has 0 saturated heterocycles. The highest BCUT2D eigenvalue weighted by Crippen LogP contribution is 2.44. The number of halogens is 1. The van der Waals surface area contributed by atoms with Gasteiger partial charge in [-0.2, -0.15) is 4.98 Å². The van der Waals surface area contributed by atoms with Crippen molar-refractivity contribution in [3.63, 3.8) is 0 Å². The Balaban J connectivity index is 1.53. The van der Waals surface area contributed by atoms with Gasteiger partial charge in [-0.3, -0.25) is 0 Å². The van der Waals surface area contributed by atoms with Crippen LogP contribution < -0.4 is 15.4 Å². The largest absolute Gasteiger partial charge is 0.420 e. The topological polar surface area (TPSA) is 81.2 Å². The fraction of sp³-hybridized carbons (Fsp3) is 0.346. The lowest BCUT2D eigenvalue weighted by Crippen LogP contribution is -2.28. The number of allylic oxidation sites excluding steroid dienone is 1. The molecule has 4 heterocycles. The van der Waals surface area contributed by atoms with Crippen LogP contribution in [-0.4, -0.2) is 33.1 Å². The van der Waals surface area contributed by atoms with Crippen molar-refractivity contribution in [2.24, 2.45) is 0 Å². The molecule has 1 atom stereocenters. The van der Waals surface area contributed by atoms with Crippen molar-refractivity contribution in [2.45, 2.75) is 52.9 Å². The molecule has 0 fully saturated rings. The minimum atomic E-state index is -0.309. The molecule has 0 aliphatic carbocycles. The van der Waals surface area contributed by atoms with Crippen LogP contribution in [0.5, 0.6) is 11.8 Å². The average Bonchev–Trinajstić information content (AvgIpc) is 3.11. The minimum absolute atomic E-state index is 0.108. The van der Waals surface area contributed by atoms with Gasteiger partial charge in [0.1, 0.15) is 0 Å². The molecule has 4 aromatic rings. The number of hydrogen-bond acceptors (Lipinski definition) is 8. The van der Waals surface area contributed by atoms with E-state index in [-0.39, 0.29) is 10.9 Å². The van der Waals surface area contributed by atoms with Gasteiger partial charge in [0.15, 0.2) is 0 Å². The van der Waals surface area contributed by atoms with Crippen LogP contribution in [0.2, 0.25) is 5.28 Å². The predicted molar refractivity (Wildman–Crippen MR) is 144 cm³/mol. The molecule has 0 spiro atoms. The molecule has 1 aliphatic rings. The molecule has 2 N–H and O–H groups in total. The van der Waals surface area contributed by atoms with Crippen LogP contribution in [0.15, 0.2) is 36.5 Å². The van der Waals surface area contributed by atoms with Gasteiger partial charge in [0.25, 0.3) is 0 Å². The number of rotatable bonds is 4. The summed E-state index contributed by atoms with van der Waals surface area (Å²) in [5.74, 6) is 0.772. The van der Waals surface area contributed by atoms with Crippen molar-refractivity contribution < 1.29 is 9.47 Å². The number of pyridine rings is 1. The SMILES string of the molecule is C/C=C1/N[C@H](C)CNc2c1sc1ccc3nc(Oc4nc(Cl)ncc4COC(C)(C)C)ccc3c21. The molecular formula is C26H28ClN5O2S. The summed E-state index contributed by atoms with van der Waals surface area (Å²) in [6.07, 6.45) is 3.76. The fourth-order valence-corrected chi connectivity index (χ4v) is 5.36. The van der Waals surface area contributed by atoms with E-state index >= 15 is 0 Å². The molecule has 7 nitrogen and oxygen atoms in total. The van der Waals surface area contributed by atoms with Gasteiger partial charge in [-0.15, -0.1) is 11.3 Å². The molecular weight excluding hydrogens is 482 g/mol. The quantitative estimate of drug-likeness (QED) is 0.294. The first-order chi connectivity index (χ1) is 16.7. The third-order valence-corrected chi connectivity index (χ3v) is 7.04. The van der Waals surface area contributed by atoms with Gasteiger partial charge in [-0.25, -0.2) is 9.97 Å². The maximum Gasteiger partial charge on any atom is 0.231 e. The number of fused-ring (bicyclic) bond motifs is 5. The Labute approximate surface area is 213 Å². The van der Waals surface area contributed by atoms with E-state index in [1.807, 2.05) is 32.9 Å². The molecule has 0 unspecified atom stereocenters. The van der Waals surface area contributed by atoms with Crippen molar-refractivity contribution in [1.82, 2.24) is 20.3 Å². The van der Waals surface area contributed by atoms with E-state index in [0.29, 0.717) is 30.0 Å². The van der Waals surface area contributed by atoms with Crippen LogP contribution in [0.1, 0.15) is 45.1 Å². The lowest BCUT2D eigenvalue weighted by molar-refractivity contribution is -0.0158. The number of anilines is 1. The number of ether oxygens (including phenoxy) is 2. The summed E-state index contributed by atoms with van der Waals surface area (Å²) in [6.45, 7) is 11.4. The van der Waals surface area contributed by atoms with Gasteiger partial charge >= 0.3 is 0 Å². The first-order valence-corrected chi connectivity index (χ1v) is 12.8. The van der Waals surface area contributed by atoms with E-state index in [1.54, 1.807) is 17.5 Å². The van der Waals surface area contributed by atoms with Crippen molar-refractivity contribution in [2.75, 3.05) is 11.9 Å². The first kappa shape index (κ1) is 23.8. The van der Waals surface area contributed by atoms with Gasteiger partial charge in [0, 0.05) is 46.0 Å². The maximum atomic E-state index is 6.08. The minimum Gasteiger partial charge on any atom is -0.420 e. The van der Waals surface area contributed by atoms with Crippen molar-refractivity contribution in [3.8, 4) is 11.8 Å². The second kappa shape index (κ2) is 9.26. The van der Waals surface area contributed by atoms with Crippen molar-refractivity contribution in [1.29, 1.82) is 0 Å². The summed E-state index contributed by atoms with van der Waals surface area (Å²) in [5.41, 5.74) is 3.55. The zero-order valence-corrected chi connectivity index (χ0v) is 22.0. The standard InChI is InChI=1S/C26H28ClN5O2S/c1-6-17-23-22(28-11-14(2)30-17)21-16-7-10-20(31-18(16)8-9-19(21)35-23)34-24-15(12-29-25(27)32-24)13-33-26(3,4)5/h6-10,12,14,28,30H,11,13H2,1-5H3/b17-6+/t14-/m1/s1. The molecule has 0 radical (unpaired) electrons. The van der Waals surface area contributed by atoms with Gasteiger partial charge in [-0.05, 0) is 64.4 Å². The number of benzene rings is 1. The smallest absolute Gasteiger partial charge is 0.231 e. The highest BCUT2D eigenvalue weighted by atomic mass is 35.5. The fourth-order valence-electron chi connectivity index (χ4n) is 4.00. The Morgan fingerprint density at radius 3 is 2.80 bits per heavy atom. The third-order valence-electron chi connectivity index (χ3n) is 5.67. The van der Waals surface area contributed by atoms with E-state index in [2.05, 4.69) is 52.7 Å². The second-order valence-corrected chi connectivity index (χ2v) is 11.0. The monoisotopic (exact) mass is 509 g/mol. The molecule has 0 amide bonds. The summed E-state index contributed by atoms with van der Waals surface area (Å²) in [7, 11) is 0. The van der Waals surface area contributed by atoms with Crippen molar-refractivity contribution >= 4 is 55.3 Å². The van der Waals surface area contributed by atoms with Crippen LogP contribution in [0.4, 0.5) is 5.69 Å². The molecule has 1 aliphatic heterocycles. The number of hydrogen-bond donors (Lipinski definition) is 2. The normalized spacial score (nSPS) is 17.2. The lowest BCUT2D eigenvalue weighted by Gasteiger charge is -2.20.